The number of allylic oxidation sites excluding steroid dienone is 2. The van der Waals surface area contributed by atoms with Crippen molar-refractivity contribution < 1.29 is 9.85 Å². The number of nitrogens with zero attached hydrogens (tertiary/aromatic N) is 8. The molecule has 0 N–H and O–H groups in total. The lowest BCUT2D eigenvalue weighted by Gasteiger charge is -2.19. The van der Waals surface area contributed by atoms with Crippen molar-refractivity contribution in [2.75, 3.05) is 26.2 Å². The van der Waals surface area contributed by atoms with E-state index in [-0.39, 0.29) is 29.5 Å². The molecule has 37 heavy (non-hydrogen) atoms. The van der Waals surface area contributed by atoms with E-state index in [1.54, 1.807) is 46.5 Å². The molecule has 0 radical (unpaired) electrons. The molecule has 0 saturated carbocycles. The van der Waals surface area contributed by atoms with E-state index in [1.165, 1.54) is 12.2 Å². The number of rotatable bonds is 10. The Morgan fingerprint density at radius 1 is 0.811 bits per heavy atom. The minimum absolute atomic E-state index is 0.0443. The van der Waals surface area contributed by atoms with E-state index in [4.69, 9.17) is 23.2 Å². The summed E-state index contributed by atoms with van der Waals surface area (Å²) >= 11 is 11.7. The van der Waals surface area contributed by atoms with E-state index in [9.17, 15) is 20.2 Å². The number of amidine groups is 2. The van der Waals surface area contributed by atoms with E-state index in [1.807, 2.05) is 0 Å². The van der Waals surface area contributed by atoms with Crippen molar-refractivity contribution in [3.8, 4) is 0 Å². The zero-order valence-corrected chi connectivity index (χ0v) is 21.0. The van der Waals surface area contributed by atoms with Gasteiger partial charge < -0.3 is 9.80 Å². The molecule has 0 unspecified atom stereocenters. The minimum atomic E-state index is -0.524. The van der Waals surface area contributed by atoms with Gasteiger partial charge in [0.05, 0.1) is 22.9 Å². The average molecular weight is 545 g/mol. The number of aliphatic imine (C=N–C) groups is 2. The Kier molecular flexibility index (Phi) is 8.41. The normalized spacial score (nSPS) is 16.2. The Morgan fingerprint density at radius 3 is 1.59 bits per heavy atom. The predicted molar refractivity (Wildman–Crippen MR) is 139 cm³/mol. The van der Waals surface area contributed by atoms with Crippen LogP contribution in [0.1, 0.15) is 17.5 Å². The maximum atomic E-state index is 11.9. The van der Waals surface area contributed by atoms with Crippen LogP contribution in [-0.2, 0) is 13.1 Å². The number of hydrogen-bond donors (Lipinski definition) is 0. The second-order valence-electron chi connectivity index (χ2n) is 8.16. The molecule has 12 nitrogen and oxygen atoms in total. The molecule has 14 heteroatoms. The number of aromatic nitrogens is 2. The van der Waals surface area contributed by atoms with Crippen LogP contribution >= 0.6 is 23.2 Å². The quantitative estimate of drug-likeness (QED) is 0.250. The van der Waals surface area contributed by atoms with Gasteiger partial charge in [0.1, 0.15) is 10.3 Å². The number of nitro groups is 2. The summed E-state index contributed by atoms with van der Waals surface area (Å²) in [5.41, 5.74) is 1.23. The Bertz CT molecular complexity index is 1190. The van der Waals surface area contributed by atoms with Gasteiger partial charge in [0.15, 0.2) is 0 Å². The first kappa shape index (κ1) is 26.2. The van der Waals surface area contributed by atoms with Crippen molar-refractivity contribution in [1.29, 1.82) is 0 Å². The molecule has 0 amide bonds. The summed E-state index contributed by atoms with van der Waals surface area (Å²) in [5, 5.41) is 24.5. The predicted octanol–water partition coefficient (Wildman–Crippen LogP) is 3.62. The summed E-state index contributed by atoms with van der Waals surface area (Å²) in [6, 6.07) is 6.88. The van der Waals surface area contributed by atoms with E-state index in [2.05, 4.69) is 20.0 Å². The van der Waals surface area contributed by atoms with Crippen LogP contribution in [0.4, 0.5) is 0 Å². The second kappa shape index (κ2) is 11.9. The highest BCUT2D eigenvalue weighted by Gasteiger charge is 2.30. The molecular formula is C23H22Cl2N8O4. The fourth-order valence-electron chi connectivity index (χ4n) is 3.98. The topological polar surface area (TPSA) is 143 Å². The largest absolute Gasteiger partial charge is 0.345 e. The molecule has 4 heterocycles. The third-order valence-corrected chi connectivity index (χ3v) is 6.11. The van der Waals surface area contributed by atoms with E-state index >= 15 is 0 Å². The van der Waals surface area contributed by atoms with Crippen molar-refractivity contribution in [2.24, 2.45) is 9.98 Å². The number of hydrogen-bond acceptors (Lipinski definition) is 10. The molecule has 0 atom stereocenters. The van der Waals surface area contributed by atoms with Gasteiger partial charge >= 0.3 is 11.4 Å². The molecule has 0 spiro atoms. The summed E-state index contributed by atoms with van der Waals surface area (Å²) in [5.74, 6) is 0.456. The molecule has 0 aliphatic carbocycles. The molecular weight excluding hydrogens is 523 g/mol. The zero-order chi connectivity index (χ0) is 26.4. The Morgan fingerprint density at radius 2 is 1.24 bits per heavy atom. The molecule has 0 saturated heterocycles. The monoisotopic (exact) mass is 544 g/mol. The average Bonchev–Trinajstić information content (AvgIpc) is 3.51. The second-order valence-corrected chi connectivity index (χ2v) is 8.94. The Hall–Kier alpha value is -3.90. The van der Waals surface area contributed by atoms with E-state index < -0.39 is 9.85 Å². The van der Waals surface area contributed by atoms with E-state index in [0.29, 0.717) is 49.6 Å². The van der Waals surface area contributed by atoms with Gasteiger partial charge in [-0.15, -0.1) is 0 Å². The van der Waals surface area contributed by atoms with Crippen LogP contribution in [0, 0.1) is 20.2 Å². The highest BCUT2D eigenvalue weighted by Crippen LogP contribution is 2.19. The van der Waals surface area contributed by atoms with Crippen LogP contribution in [0.3, 0.4) is 0 Å². The fourth-order valence-corrected chi connectivity index (χ4v) is 4.20. The summed E-state index contributed by atoms with van der Waals surface area (Å²) in [7, 11) is 0. The van der Waals surface area contributed by atoms with Crippen LogP contribution in [0.15, 0.2) is 70.2 Å². The maximum absolute atomic E-state index is 11.9. The first-order valence-corrected chi connectivity index (χ1v) is 12.1. The summed E-state index contributed by atoms with van der Waals surface area (Å²) in [4.78, 5) is 43.0. The molecule has 192 valence electrons. The highest BCUT2D eigenvalue weighted by molar-refractivity contribution is 6.29. The number of pyridine rings is 2. The van der Waals surface area contributed by atoms with Gasteiger partial charge in [0.2, 0.25) is 11.7 Å². The van der Waals surface area contributed by atoms with Crippen molar-refractivity contribution >= 4 is 34.9 Å². The Labute approximate surface area is 222 Å². The van der Waals surface area contributed by atoms with E-state index in [0.717, 1.165) is 11.1 Å². The molecule has 2 aliphatic rings. The molecule has 0 bridgehead atoms. The first-order chi connectivity index (χ1) is 17.8. The van der Waals surface area contributed by atoms with Gasteiger partial charge in [0.25, 0.3) is 0 Å². The lowest BCUT2D eigenvalue weighted by atomic mass is 10.2. The van der Waals surface area contributed by atoms with Crippen LogP contribution in [0.25, 0.3) is 0 Å². The van der Waals surface area contributed by atoms with Crippen LogP contribution in [-0.4, -0.2) is 67.5 Å². The van der Waals surface area contributed by atoms with Gasteiger partial charge in [-0.05, 0) is 29.7 Å². The fraction of sp³-hybridized carbons (Fsp3) is 0.304. The van der Waals surface area contributed by atoms with Crippen LogP contribution in [0.2, 0.25) is 10.3 Å². The van der Waals surface area contributed by atoms with Crippen LogP contribution < -0.4 is 0 Å². The standard InChI is InChI=1S/C23H22Cl2N8O4/c24-20-6-4-16(12-28-20)14-30-10-8-26-22(30)18(32(34)35)2-1-3-19(33(36)37)23-27-9-11-31(23)15-17-5-7-21(25)29-13-17/h2-7,12-13H,1,8-11,14-15H2/b18-2+,19-3+. The Balaban J connectivity index is 1.50. The van der Waals surface area contributed by atoms with Crippen molar-refractivity contribution in [1.82, 2.24) is 19.8 Å². The molecule has 0 fully saturated rings. The minimum Gasteiger partial charge on any atom is -0.345 e. The third-order valence-electron chi connectivity index (χ3n) is 5.66. The third kappa shape index (κ3) is 6.66. The van der Waals surface area contributed by atoms with Gasteiger partial charge in [0, 0.05) is 50.7 Å². The molecule has 4 rings (SSSR count). The summed E-state index contributed by atoms with van der Waals surface area (Å²) in [6.45, 7) is 2.56. The van der Waals surface area contributed by atoms with Crippen molar-refractivity contribution in [3.05, 3.63) is 102 Å². The van der Waals surface area contributed by atoms with Gasteiger partial charge in [-0.25, -0.2) is 9.97 Å². The van der Waals surface area contributed by atoms with Gasteiger partial charge in [-0.3, -0.25) is 30.2 Å². The summed E-state index contributed by atoms with van der Waals surface area (Å²) in [6.07, 6.45) is 5.84. The first-order valence-electron chi connectivity index (χ1n) is 11.3. The molecule has 2 aromatic heterocycles. The lowest BCUT2D eigenvalue weighted by Crippen LogP contribution is -2.31. The summed E-state index contributed by atoms with van der Waals surface area (Å²) < 4.78 is 0. The number of halogens is 2. The maximum Gasteiger partial charge on any atom is 0.307 e. The van der Waals surface area contributed by atoms with Crippen molar-refractivity contribution in [3.63, 3.8) is 0 Å². The van der Waals surface area contributed by atoms with Gasteiger partial charge in [-0.2, -0.15) is 0 Å². The van der Waals surface area contributed by atoms with Gasteiger partial charge in [-0.1, -0.05) is 35.3 Å². The SMILES string of the molecule is O=[N+]([O-])/C(=C/C/C=C(\C1=NCCN1Cc1ccc(Cl)nc1)[N+](=O)[O-])C1=NCCN1Cc1ccc(Cl)nc1. The molecule has 2 aromatic rings. The molecule has 2 aliphatic heterocycles. The van der Waals surface area contributed by atoms with Crippen LogP contribution in [0.5, 0.6) is 0 Å². The molecule has 0 aromatic carbocycles. The zero-order valence-electron chi connectivity index (χ0n) is 19.5. The smallest absolute Gasteiger partial charge is 0.307 e. The highest BCUT2D eigenvalue weighted by atomic mass is 35.5. The lowest BCUT2D eigenvalue weighted by molar-refractivity contribution is -0.417. The van der Waals surface area contributed by atoms with Crippen molar-refractivity contribution in [2.45, 2.75) is 19.5 Å².